The van der Waals surface area contributed by atoms with Crippen LogP contribution in [0.3, 0.4) is 0 Å². The Morgan fingerprint density at radius 1 is 1.24 bits per heavy atom. The highest BCUT2D eigenvalue weighted by Gasteiger charge is 2.35. The number of nitrogens with zero attached hydrogens (tertiary/aromatic N) is 3. The summed E-state index contributed by atoms with van der Waals surface area (Å²) in [4.78, 5) is 26.3. The second kappa shape index (κ2) is 7.00. The zero-order valence-corrected chi connectivity index (χ0v) is 14.3. The molecule has 1 saturated heterocycles. The quantitative estimate of drug-likeness (QED) is 0.783. The van der Waals surface area contributed by atoms with Crippen molar-refractivity contribution in [2.45, 2.75) is 19.4 Å². The van der Waals surface area contributed by atoms with Crippen molar-refractivity contribution in [3.63, 3.8) is 0 Å². The Hall–Kier alpha value is -2.15. The van der Waals surface area contributed by atoms with Crippen LogP contribution in [0.15, 0.2) is 29.1 Å². The highest BCUT2D eigenvalue weighted by atomic mass is 16.5. The first-order valence-electron chi connectivity index (χ1n) is 9.05. The molecule has 2 heterocycles. The lowest BCUT2D eigenvalue weighted by Gasteiger charge is -2.27. The van der Waals surface area contributed by atoms with Gasteiger partial charge in [0.15, 0.2) is 0 Å². The van der Waals surface area contributed by atoms with Crippen LogP contribution in [0.4, 0.5) is 5.82 Å². The number of aromatic nitrogens is 2. The first kappa shape index (κ1) is 16.3. The number of carbonyl (C=O) groups is 1. The number of hydrogen-bond acceptors (Lipinski definition) is 5. The summed E-state index contributed by atoms with van der Waals surface area (Å²) in [5.41, 5.74) is -0.255. The second-order valence-corrected chi connectivity index (χ2v) is 7.13. The van der Waals surface area contributed by atoms with Crippen molar-refractivity contribution in [2.75, 3.05) is 37.7 Å². The first-order chi connectivity index (χ1) is 12.2. The number of carbonyl (C=O) groups excluding carboxylic acids is 1. The van der Waals surface area contributed by atoms with E-state index in [4.69, 9.17) is 4.74 Å². The summed E-state index contributed by atoms with van der Waals surface area (Å²) in [5, 5.41) is 7.33. The van der Waals surface area contributed by atoms with Gasteiger partial charge in [0.05, 0.1) is 13.2 Å². The molecule has 0 unspecified atom stereocenters. The zero-order valence-electron chi connectivity index (χ0n) is 14.3. The lowest BCUT2D eigenvalue weighted by Crippen LogP contribution is -2.40. The van der Waals surface area contributed by atoms with Gasteiger partial charge in [0.2, 0.25) is 5.91 Å². The van der Waals surface area contributed by atoms with Crippen LogP contribution in [0.5, 0.6) is 0 Å². The van der Waals surface area contributed by atoms with Crippen molar-refractivity contribution < 1.29 is 9.53 Å². The van der Waals surface area contributed by atoms with Gasteiger partial charge in [-0.2, -0.15) is 5.10 Å². The van der Waals surface area contributed by atoms with Crippen molar-refractivity contribution in [1.82, 2.24) is 15.1 Å². The van der Waals surface area contributed by atoms with Crippen molar-refractivity contribution in [2.24, 2.45) is 17.8 Å². The van der Waals surface area contributed by atoms with Crippen LogP contribution < -0.4 is 15.8 Å². The van der Waals surface area contributed by atoms with Gasteiger partial charge in [0.25, 0.3) is 5.56 Å². The van der Waals surface area contributed by atoms with Crippen LogP contribution in [0.2, 0.25) is 0 Å². The van der Waals surface area contributed by atoms with Crippen molar-refractivity contribution >= 4 is 11.7 Å². The molecule has 2 bridgehead atoms. The number of hydrogen-bond donors (Lipinski definition) is 1. The fourth-order valence-corrected chi connectivity index (χ4v) is 4.08. The molecule has 3 aliphatic rings. The molecular formula is C18H24N4O3. The number of fused-ring (bicyclic) bond motifs is 2. The molecule has 2 aliphatic carbocycles. The van der Waals surface area contributed by atoms with E-state index in [0.717, 1.165) is 19.5 Å². The van der Waals surface area contributed by atoms with Crippen LogP contribution >= 0.6 is 0 Å². The second-order valence-electron chi connectivity index (χ2n) is 7.13. The van der Waals surface area contributed by atoms with E-state index in [1.54, 1.807) is 6.07 Å². The maximum Gasteiger partial charge on any atom is 0.267 e. The highest BCUT2D eigenvalue weighted by Crippen LogP contribution is 2.42. The largest absolute Gasteiger partial charge is 0.378 e. The number of amides is 1. The molecule has 1 aliphatic heterocycles. The third-order valence-corrected chi connectivity index (χ3v) is 5.46. The molecule has 0 spiro atoms. The average molecular weight is 344 g/mol. The van der Waals surface area contributed by atoms with Gasteiger partial charge in [-0.3, -0.25) is 9.59 Å². The number of morpholine rings is 1. The smallest absolute Gasteiger partial charge is 0.267 e. The molecule has 134 valence electrons. The topological polar surface area (TPSA) is 76.5 Å². The van der Waals surface area contributed by atoms with Gasteiger partial charge in [0, 0.05) is 25.7 Å². The van der Waals surface area contributed by atoms with Crippen molar-refractivity contribution in [1.29, 1.82) is 0 Å². The monoisotopic (exact) mass is 344 g/mol. The van der Waals surface area contributed by atoms with Crippen molar-refractivity contribution in [3.05, 3.63) is 34.6 Å². The van der Waals surface area contributed by atoms with Gasteiger partial charge in [0.1, 0.15) is 12.4 Å². The Kier molecular flexibility index (Phi) is 4.57. The highest BCUT2D eigenvalue weighted by molar-refractivity contribution is 5.75. The predicted molar refractivity (Wildman–Crippen MR) is 93.4 cm³/mol. The van der Waals surface area contributed by atoms with E-state index >= 15 is 0 Å². The van der Waals surface area contributed by atoms with Crippen LogP contribution in [0.1, 0.15) is 12.8 Å². The number of anilines is 1. The molecule has 1 N–H and O–H groups in total. The van der Waals surface area contributed by atoms with E-state index in [0.29, 0.717) is 43.3 Å². The fourth-order valence-electron chi connectivity index (χ4n) is 4.08. The molecule has 0 aromatic carbocycles. The summed E-state index contributed by atoms with van der Waals surface area (Å²) >= 11 is 0. The SMILES string of the molecule is O=C(Cn1nc(N2CCOCC2)ccc1=O)NC[C@H]1C[C@@H]2C=C[C@@H]1C2. The molecule has 25 heavy (non-hydrogen) atoms. The van der Waals surface area contributed by atoms with Gasteiger partial charge in [-0.25, -0.2) is 4.68 Å². The Balaban J connectivity index is 1.35. The molecule has 4 rings (SSSR count). The van der Waals surface area contributed by atoms with E-state index in [9.17, 15) is 9.59 Å². The van der Waals surface area contributed by atoms with Crippen LogP contribution in [-0.2, 0) is 16.1 Å². The van der Waals surface area contributed by atoms with Crippen LogP contribution in [0, 0.1) is 17.8 Å². The van der Waals surface area contributed by atoms with E-state index in [1.165, 1.54) is 17.2 Å². The average Bonchev–Trinajstić information content (AvgIpc) is 3.26. The normalized spacial score (nSPS) is 27.7. The van der Waals surface area contributed by atoms with E-state index < -0.39 is 0 Å². The molecular weight excluding hydrogens is 320 g/mol. The molecule has 2 fully saturated rings. The fraction of sp³-hybridized carbons (Fsp3) is 0.611. The lowest BCUT2D eigenvalue weighted by molar-refractivity contribution is -0.122. The predicted octanol–water partition coefficient (Wildman–Crippen LogP) is 0.408. The molecule has 1 saturated carbocycles. The minimum absolute atomic E-state index is 0.0341. The molecule has 1 aromatic heterocycles. The molecule has 1 amide bonds. The maximum absolute atomic E-state index is 12.3. The van der Waals surface area contributed by atoms with Crippen molar-refractivity contribution in [3.8, 4) is 0 Å². The van der Waals surface area contributed by atoms with Crippen LogP contribution in [-0.4, -0.2) is 48.5 Å². The minimum Gasteiger partial charge on any atom is -0.378 e. The van der Waals surface area contributed by atoms with Gasteiger partial charge < -0.3 is 15.0 Å². The summed E-state index contributed by atoms with van der Waals surface area (Å²) < 4.78 is 6.59. The van der Waals surface area contributed by atoms with E-state index in [-0.39, 0.29) is 18.0 Å². The van der Waals surface area contributed by atoms with Gasteiger partial charge in [-0.15, -0.1) is 0 Å². The summed E-state index contributed by atoms with van der Waals surface area (Å²) in [7, 11) is 0. The third kappa shape index (κ3) is 3.61. The number of ether oxygens (including phenoxy) is 1. The van der Waals surface area contributed by atoms with Gasteiger partial charge in [-0.05, 0) is 36.7 Å². The van der Waals surface area contributed by atoms with E-state index in [2.05, 4.69) is 27.5 Å². The molecule has 1 aromatic rings. The standard InChI is InChI=1S/C18H24N4O3/c23-17(19-11-15-10-13-1-2-14(15)9-13)12-22-18(24)4-3-16(20-22)21-5-7-25-8-6-21/h1-4,13-15H,5-12H2,(H,19,23)/t13-,14-,15-/m1/s1. The Labute approximate surface area is 146 Å². The third-order valence-electron chi connectivity index (χ3n) is 5.46. The zero-order chi connectivity index (χ0) is 17.2. The Morgan fingerprint density at radius 2 is 2.08 bits per heavy atom. The minimum atomic E-state index is -0.255. The summed E-state index contributed by atoms with van der Waals surface area (Å²) in [6, 6.07) is 3.19. The Bertz CT molecular complexity index is 723. The molecule has 7 nitrogen and oxygen atoms in total. The molecule has 7 heteroatoms. The van der Waals surface area contributed by atoms with E-state index in [1.807, 2.05) is 0 Å². The molecule has 0 radical (unpaired) electrons. The number of rotatable bonds is 5. The van der Waals surface area contributed by atoms with Gasteiger partial charge in [-0.1, -0.05) is 12.2 Å². The maximum atomic E-state index is 12.3. The summed E-state index contributed by atoms with van der Waals surface area (Å²) in [6.07, 6.45) is 6.96. The number of nitrogens with one attached hydrogen (secondary N) is 1. The van der Waals surface area contributed by atoms with Crippen LogP contribution in [0.25, 0.3) is 0 Å². The lowest BCUT2D eigenvalue weighted by atomic mass is 9.94. The Morgan fingerprint density at radius 3 is 2.80 bits per heavy atom. The summed E-state index contributed by atoms with van der Waals surface area (Å²) in [6.45, 7) is 3.44. The molecule has 3 atom stereocenters. The first-order valence-corrected chi connectivity index (χ1v) is 9.05. The summed E-state index contributed by atoms with van der Waals surface area (Å²) in [5.74, 6) is 2.40. The number of allylic oxidation sites excluding steroid dienone is 2. The van der Waals surface area contributed by atoms with Gasteiger partial charge >= 0.3 is 0 Å².